The number of sulfone groups is 1. The molecule has 0 spiro atoms. The minimum absolute atomic E-state index is 0.0700. The Kier molecular flexibility index (Phi) is 6.38. The van der Waals surface area contributed by atoms with Crippen LogP contribution in [0, 0.1) is 0 Å². The normalized spacial score (nSPS) is 20.0. The summed E-state index contributed by atoms with van der Waals surface area (Å²) in [6.45, 7) is 4.77. The Balaban J connectivity index is 2.51. The highest BCUT2D eigenvalue weighted by molar-refractivity contribution is 7.92. The van der Waals surface area contributed by atoms with Gasteiger partial charge in [-0.05, 0) is 45.4 Å². The molecular weight excluding hydrogens is 394 g/mol. The van der Waals surface area contributed by atoms with Crippen molar-refractivity contribution in [3.63, 3.8) is 0 Å². The molecule has 1 saturated heterocycles. The average molecular weight is 420 g/mol. The lowest BCUT2D eigenvalue weighted by atomic mass is 10.3. The summed E-state index contributed by atoms with van der Waals surface area (Å²) in [5.74, 6) is 0.0252. The van der Waals surface area contributed by atoms with Gasteiger partial charge in [0.05, 0.1) is 35.2 Å². The Morgan fingerprint density at radius 2 is 2.07 bits per heavy atom. The zero-order valence-electron chi connectivity index (χ0n) is 15.7. The van der Waals surface area contributed by atoms with E-state index in [0.717, 1.165) is 4.41 Å². The molecule has 0 bridgehead atoms. The molecule has 0 unspecified atom stereocenters. The highest BCUT2D eigenvalue weighted by Gasteiger charge is 2.38. The van der Waals surface area contributed by atoms with Crippen LogP contribution in [0.4, 0.5) is 5.69 Å². The molecule has 0 radical (unpaired) electrons. The van der Waals surface area contributed by atoms with Crippen LogP contribution < -0.4 is 10.1 Å². The zero-order valence-corrected chi connectivity index (χ0v) is 17.3. The number of hydrazone groups is 1. The lowest BCUT2D eigenvalue weighted by Gasteiger charge is -2.25. The third kappa shape index (κ3) is 5.11. The number of aliphatic hydroxyl groups excluding tert-OH is 1. The molecule has 0 amide bonds. The molecule has 0 aromatic heterocycles. The number of rotatable bonds is 7. The van der Waals surface area contributed by atoms with E-state index in [1.54, 1.807) is 13.8 Å². The second kappa shape index (κ2) is 8.03. The van der Waals surface area contributed by atoms with Gasteiger partial charge in [0.25, 0.3) is 10.0 Å². The number of aliphatic hydroxyl groups is 1. The first kappa shape index (κ1) is 21.5. The Morgan fingerprint density at radius 3 is 2.56 bits per heavy atom. The second-order valence-electron chi connectivity index (χ2n) is 6.56. The van der Waals surface area contributed by atoms with Crippen LogP contribution in [0.2, 0.25) is 0 Å². The van der Waals surface area contributed by atoms with Crippen LogP contribution in [-0.4, -0.2) is 63.0 Å². The van der Waals surface area contributed by atoms with Crippen molar-refractivity contribution >= 4 is 31.3 Å². The predicted molar refractivity (Wildman–Crippen MR) is 103 cm³/mol. The summed E-state index contributed by atoms with van der Waals surface area (Å²) in [6.07, 6.45) is -0.739. The number of anilines is 1. The van der Waals surface area contributed by atoms with Crippen molar-refractivity contribution in [2.75, 3.05) is 23.9 Å². The largest absolute Gasteiger partial charge is 0.495 e. The average Bonchev–Trinajstić information content (AvgIpc) is 2.91. The summed E-state index contributed by atoms with van der Waals surface area (Å²) in [6, 6.07) is 3.39. The van der Waals surface area contributed by atoms with Gasteiger partial charge in [0.2, 0.25) is 0 Å². The van der Waals surface area contributed by atoms with Gasteiger partial charge in [-0.1, -0.05) is 0 Å². The zero-order chi connectivity index (χ0) is 20.4. The van der Waals surface area contributed by atoms with Crippen molar-refractivity contribution in [1.29, 1.82) is 0 Å². The third-order valence-electron chi connectivity index (χ3n) is 3.90. The summed E-state index contributed by atoms with van der Waals surface area (Å²) in [7, 11) is -5.98. The van der Waals surface area contributed by atoms with Crippen LogP contribution in [0.15, 0.2) is 28.2 Å². The first-order valence-corrected chi connectivity index (χ1v) is 11.6. The number of nitrogens with one attached hydrogen (secondary N) is 1. The quantitative estimate of drug-likeness (QED) is 0.384. The molecule has 1 heterocycles. The van der Waals surface area contributed by atoms with Gasteiger partial charge in [0.15, 0.2) is 9.84 Å². The van der Waals surface area contributed by atoms with Gasteiger partial charge in [-0.2, -0.15) is 17.9 Å². The van der Waals surface area contributed by atoms with Gasteiger partial charge in [0, 0.05) is 5.71 Å². The molecule has 1 fully saturated rings. The fraction of sp³-hybridized carbons (Fsp3) is 0.562. The Morgan fingerprint density at radius 1 is 1.41 bits per heavy atom. The van der Waals surface area contributed by atoms with E-state index in [9.17, 15) is 21.9 Å². The molecule has 27 heavy (non-hydrogen) atoms. The monoisotopic (exact) mass is 419 g/mol. The van der Waals surface area contributed by atoms with Gasteiger partial charge < -0.3 is 15.2 Å². The molecule has 1 aliphatic rings. The van der Waals surface area contributed by atoms with E-state index in [0.29, 0.717) is 17.1 Å². The fourth-order valence-corrected chi connectivity index (χ4v) is 6.12. The van der Waals surface area contributed by atoms with E-state index >= 15 is 0 Å². The standard InChI is InChI=1S/C16H25N3O6S2/c1-11(2)18-19(13-7-8-26(21,22)10-13)27(23,24)14-5-6-16(25-4)15(9-14)17-12(3)20/h5-6,9,12-13,17,20H,7-8,10H2,1-4H3/t12-,13-/m1/s1. The molecule has 0 saturated carbocycles. The van der Waals surface area contributed by atoms with Crippen molar-refractivity contribution in [3.05, 3.63) is 18.2 Å². The van der Waals surface area contributed by atoms with Gasteiger partial charge in [-0.15, -0.1) is 0 Å². The van der Waals surface area contributed by atoms with Gasteiger partial charge in [-0.25, -0.2) is 8.42 Å². The van der Waals surface area contributed by atoms with Crippen LogP contribution in [0.3, 0.4) is 0 Å². The minimum Gasteiger partial charge on any atom is -0.495 e. The summed E-state index contributed by atoms with van der Waals surface area (Å²) in [5, 5.41) is 16.4. The molecule has 9 nitrogen and oxygen atoms in total. The maximum absolute atomic E-state index is 13.2. The molecule has 1 aromatic rings. The minimum atomic E-state index is -4.11. The maximum Gasteiger partial charge on any atom is 0.279 e. The molecule has 11 heteroatoms. The number of hydrogen-bond acceptors (Lipinski definition) is 8. The van der Waals surface area contributed by atoms with Crippen LogP contribution in [0.1, 0.15) is 27.2 Å². The number of nitrogens with zero attached hydrogens (tertiary/aromatic N) is 2. The van der Waals surface area contributed by atoms with E-state index < -0.39 is 32.1 Å². The number of ether oxygens (including phenoxy) is 1. The number of hydrogen-bond donors (Lipinski definition) is 2. The molecular formula is C16H25N3O6S2. The van der Waals surface area contributed by atoms with Crippen molar-refractivity contribution in [2.24, 2.45) is 5.10 Å². The van der Waals surface area contributed by atoms with E-state index in [-0.39, 0.29) is 22.8 Å². The molecule has 0 aliphatic carbocycles. The first-order valence-electron chi connectivity index (χ1n) is 8.35. The van der Waals surface area contributed by atoms with Crippen LogP contribution in [-0.2, 0) is 19.9 Å². The summed E-state index contributed by atoms with van der Waals surface area (Å²) in [5.41, 5.74) is 0.781. The smallest absolute Gasteiger partial charge is 0.279 e. The number of sulfonamides is 1. The van der Waals surface area contributed by atoms with Gasteiger partial charge in [0.1, 0.15) is 12.0 Å². The van der Waals surface area contributed by atoms with Crippen molar-refractivity contribution in [3.8, 4) is 5.75 Å². The van der Waals surface area contributed by atoms with E-state index in [4.69, 9.17) is 4.74 Å². The molecule has 2 N–H and O–H groups in total. The predicted octanol–water partition coefficient (Wildman–Crippen LogP) is 1.02. The van der Waals surface area contributed by atoms with Crippen molar-refractivity contribution in [2.45, 2.75) is 44.4 Å². The Labute approximate surface area is 160 Å². The molecule has 1 aliphatic heterocycles. The third-order valence-corrected chi connectivity index (χ3v) is 7.37. The van der Waals surface area contributed by atoms with E-state index in [1.165, 1.54) is 32.2 Å². The molecule has 152 valence electrons. The SMILES string of the molecule is COc1ccc(S(=O)(=O)N(N=C(C)C)[C@@H]2CCS(=O)(=O)C2)cc1N[C@@H](C)O. The van der Waals surface area contributed by atoms with E-state index in [1.807, 2.05) is 0 Å². The lowest BCUT2D eigenvalue weighted by molar-refractivity contribution is 0.223. The highest BCUT2D eigenvalue weighted by Crippen LogP contribution is 2.31. The Hall–Kier alpha value is -1.85. The lowest BCUT2D eigenvalue weighted by Crippen LogP contribution is -2.37. The summed E-state index contributed by atoms with van der Waals surface area (Å²) in [4.78, 5) is -0.0826. The first-order chi connectivity index (χ1) is 12.5. The number of methoxy groups -OCH3 is 1. The van der Waals surface area contributed by atoms with Gasteiger partial charge in [-0.3, -0.25) is 0 Å². The molecule has 2 atom stereocenters. The van der Waals surface area contributed by atoms with Crippen molar-refractivity contribution < 1.29 is 26.7 Å². The Bertz CT molecular complexity index is 921. The second-order valence-corrected chi connectivity index (χ2v) is 10.6. The molecule has 1 aromatic carbocycles. The van der Waals surface area contributed by atoms with Crippen LogP contribution >= 0.6 is 0 Å². The van der Waals surface area contributed by atoms with Gasteiger partial charge >= 0.3 is 0 Å². The van der Waals surface area contributed by atoms with E-state index in [2.05, 4.69) is 10.4 Å². The fourth-order valence-electron chi connectivity index (χ4n) is 2.77. The van der Waals surface area contributed by atoms with Crippen LogP contribution in [0.5, 0.6) is 5.75 Å². The van der Waals surface area contributed by atoms with Crippen molar-refractivity contribution in [1.82, 2.24) is 4.41 Å². The molecule has 2 rings (SSSR count). The summed E-state index contributed by atoms with van der Waals surface area (Å²) < 4.78 is 56.1. The number of benzene rings is 1. The maximum atomic E-state index is 13.2. The summed E-state index contributed by atoms with van der Waals surface area (Å²) >= 11 is 0. The topological polar surface area (TPSA) is 125 Å². The van der Waals surface area contributed by atoms with Crippen LogP contribution in [0.25, 0.3) is 0 Å². The highest BCUT2D eigenvalue weighted by atomic mass is 32.2.